The van der Waals surface area contributed by atoms with Crippen LogP contribution in [0.3, 0.4) is 0 Å². The molecule has 0 saturated carbocycles. The summed E-state index contributed by atoms with van der Waals surface area (Å²) in [5.41, 5.74) is 1.83. The van der Waals surface area contributed by atoms with Crippen LogP contribution in [0.2, 0.25) is 0 Å². The monoisotopic (exact) mass is 282 g/mol. The maximum absolute atomic E-state index is 3.82. The average molecular weight is 283 g/mol. The molecule has 0 radical (unpaired) electrons. The first-order valence-corrected chi connectivity index (χ1v) is 7.01. The van der Waals surface area contributed by atoms with E-state index in [-0.39, 0.29) is 0 Å². The molecule has 0 aromatic heterocycles. The van der Waals surface area contributed by atoms with Gasteiger partial charge < -0.3 is 0 Å². The molecule has 2 unspecified atom stereocenters. The summed E-state index contributed by atoms with van der Waals surface area (Å²) in [5.74, 6) is 0.682. The van der Waals surface area contributed by atoms with Gasteiger partial charge in [-0.15, -0.1) is 0 Å². The number of alkyl halides is 1. The molecule has 1 aromatic rings. The molecule has 0 spiro atoms. The Balaban J connectivity index is 2.52. The van der Waals surface area contributed by atoms with Gasteiger partial charge in [-0.2, -0.15) is 0 Å². The van der Waals surface area contributed by atoms with Gasteiger partial charge in [-0.1, -0.05) is 74.0 Å². The SMILES string of the molecule is CC(CCC(C)(C)C)C(Br)c1ccccc1. The fourth-order valence-corrected chi connectivity index (χ4v) is 2.34. The van der Waals surface area contributed by atoms with Crippen molar-refractivity contribution < 1.29 is 0 Å². The highest BCUT2D eigenvalue weighted by molar-refractivity contribution is 9.09. The molecule has 0 nitrogen and oxygen atoms in total. The molecular weight excluding hydrogens is 260 g/mol. The molecule has 0 heterocycles. The zero-order valence-corrected chi connectivity index (χ0v) is 12.4. The van der Waals surface area contributed by atoms with Crippen LogP contribution in [0, 0.1) is 11.3 Å². The first-order chi connectivity index (χ1) is 7.40. The van der Waals surface area contributed by atoms with E-state index >= 15 is 0 Å². The third-order valence-corrected chi connectivity index (χ3v) is 4.40. The van der Waals surface area contributed by atoms with E-state index in [9.17, 15) is 0 Å². The lowest BCUT2D eigenvalue weighted by molar-refractivity contribution is 0.329. The van der Waals surface area contributed by atoms with Crippen molar-refractivity contribution in [2.75, 3.05) is 0 Å². The fourth-order valence-electron chi connectivity index (χ4n) is 1.77. The van der Waals surface area contributed by atoms with E-state index in [1.165, 1.54) is 18.4 Å². The van der Waals surface area contributed by atoms with Gasteiger partial charge in [-0.3, -0.25) is 0 Å². The average Bonchev–Trinajstić information content (AvgIpc) is 2.25. The van der Waals surface area contributed by atoms with E-state index in [0.29, 0.717) is 16.2 Å². The zero-order valence-electron chi connectivity index (χ0n) is 10.8. The molecule has 0 aliphatic heterocycles. The van der Waals surface area contributed by atoms with E-state index in [0.717, 1.165) is 0 Å². The minimum absolute atomic E-state index is 0.442. The second-order valence-corrected chi connectivity index (χ2v) is 6.88. The van der Waals surface area contributed by atoms with Crippen molar-refractivity contribution in [2.24, 2.45) is 11.3 Å². The first-order valence-electron chi connectivity index (χ1n) is 6.09. The summed E-state index contributed by atoms with van der Waals surface area (Å²) in [6, 6.07) is 10.7. The molecule has 1 heteroatoms. The van der Waals surface area contributed by atoms with Gasteiger partial charge in [0.1, 0.15) is 0 Å². The van der Waals surface area contributed by atoms with Crippen molar-refractivity contribution in [3.63, 3.8) is 0 Å². The highest BCUT2D eigenvalue weighted by atomic mass is 79.9. The van der Waals surface area contributed by atoms with Crippen LogP contribution < -0.4 is 0 Å². The quantitative estimate of drug-likeness (QED) is 0.632. The van der Waals surface area contributed by atoms with Gasteiger partial charge >= 0.3 is 0 Å². The lowest BCUT2D eigenvalue weighted by atomic mass is 9.85. The van der Waals surface area contributed by atoms with Crippen molar-refractivity contribution in [3.05, 3.63) is 35.9 Å². The van der Waals surface area contributed by atoms with Crippen molar-refractivity contribution in [1.82, 2.24) is 0 Å². The summed E-state index contributed by atoms with van der Waals surface area (Å²) >= 11 is 3.82. The van der Waals surface area contributed by atoms with Gasteiger partial charge in [0.15, 0.2) is 0 Å². The van der Waals surface area contributed by atoms with Crippen molar-refractivity contribution in [3.8, 4) is 0 Å². The Morgan fingerprint density at radius 3 is 2.19 bits per heavy atom. The second-order valence-electron chi connectivity index (χ2n) is 5.89. The maximum Gasteiger partial charge on any atom is 0.0420 e. The number of hydrogen-bond acceptors (Lipinski definition) is 0. The van der Waals surface area contributed by atoms with Gasteiger partial charge in [0.05, 0.1) is 0 Å². The largest absolute Gasteiger partial charge is 0.0836 e. The van der Waals surface area contributed by atoms with E-state index in [2.05, 4.69) is 74.0 Å². The van der Waals surface area contributed by atoms with Crippen LogP contribution in [0.1, 0.15) is 50.9 Å². The predicted molar refractivity (Wildman–Crippen MR) is 76.0 cm³/mol. The maximum atomic E-state index is 3.82. The van der Waals surface area contributed by atoms with E-state index in [1.807, 2.05) is 0 Å². The Bertz CT molecular complexity index is 297. The molecule has 0 aliphatic carbocycles. The summed E-state index contributed by atoms with van der Waals surface area (Å²) < 4.78 is 0. The molecule has 1 aromatic carbocycles. The minimum Gasteiger partial charge on any atom is -0.0836 e. The third-order valence-electron chi connectivity index (χ3n) is 2.97. The molecule has 0 aliphatic rings. The topological polar surface area (TPSA) is 0 Å². The Morgan fingerprint density at radius 2 is 1.69 bits per heavy atom. The number of hydrogen-bond donors (Lipinski definition) is 0. The molecule has 0 saturated heterocycles. The van der Waals surface area contributed by atoms with Crippen molar-refractivity contribution in [2.45, 2.75) is 45.4 Å². The molecular formula is C15H23Br. The highest BCUT2D eigenvalue weighted by Gasteiger charge is 2.18. The van der Waals surface area contributed by atoms with Crippen molar-refractivity contribution >= 4 is 15.9 Å². The van der Waals surface area contributed by atoms with Gasteiger partial charge in [-0.05, 0) is 29.7 Å². The number of benzene rings is 1. The summed E-state index contributed by atoms with van der Waals surface area (Å²) in [7, 11) is 0. The van der Waals surface area contributed by atoms with Crippen LogP contribution in [0.25, 0.3) is 0 Å². The van der Waals surface area contributed by atoms with Crippen LogP contribution in [0.15, 0.2) is 30.3 Å². The smallest absolute Gasteiger partial charge is 0.0420 e. The standard InChI is InChI=1S/C15H23Br/c1-12(10-11-15(2,3)4)14(16)13-8-6-5-7-9-13/h5-9,12,14H,10-11H2,1-4H3. The fraction of sp³-hybridized carbons (Fsp3) is 0.600. The lowest BCUT2D eigenvalue weighted by Crippen LogP contribution is -2.10. The van der Waals surface area contributed by atoms with Crippen LogP contribution in [-0.2, 0) is 0 Å². The number of halogens is 1. The van der Waals surface area contributed by atoms with Gasteiger partial charge in [0.25, 0.3) is 0 Å². The summed E-state index contributed by atoms with van der Waals surface area (Å²) in [4.78, 5) is 0.482. The minimum atomic E-state index is 0.442. The Labute approximate surface area is 109 Å². The zero-order chi connectivity index (χ0) is 12.2. The highest BCUT2D eigenvalue weighted by Crippen LogP contribution is 2.35. The molecule has 16 heavy (non-hydrogen) atoms. The van der Waals surface area contributed by atoms with Gasteiger partial charge in [0, 0.05) is 4.83 Å². The van der Waals surface area contributed by atoms with E-state index < -0.39 is 0 Å². The Kier molecular flexibility index (Phi) is 5.04. The molecule has 90 valence electrons. The summed E-state index contributed by atoms with van der Waals surface area (Å²) in [5, 5.41) is 0. The predicted octanol–water partition coefficient (Wildman–Crippen LogP) is 5.59. The molecule has 0 fully saturated rings. The molecule has 0 amide bonds. The van der Waals surface area contributed by atoms with Gasteiger partial charge in [-0.25, -0.2) is 0 Å². The van der Waals surface area contributed by atoms with Crippen molar-refractivity contribution in [1.29, 1.82) is 0 Å². The molecule has 2 atom stereocenters. The van der Waals surface area contributed by atoms with Crippen LogP contribution in [-0.4, -0.2) is 0 Å². The van der Waals surface area contributed by atoms with Crippen LogP contribution >= 0.6 is 15.9 Å². The molecule has 1 rings (SSSR count). The summed E-state index contributed by atoms with van der Waals surface area (Å²) in [6.45, 7) is 9.26. The molecule has 0 bridgehead atoms. The normalized spacial score (nSPS) is 15.8. The molecule has 0 N–H and O–H groups in total. The van der Waals surface area contributed by atoms with Gasteiger partial charge in [0.2, 0.25) is 0 Å². The van der Waals surface area contributed by atoms with Crippen LogP contribution in [0.4, 0.5) is 0 Å². The van der Waals surface area contributed by atoms with E-state index in [4.69, 9.17) is 0 Å². The lowest BCUT2D eigenvalue weighted by Gasteiger charge is -2.24. The van der Waals surface area contributed by atoms with Crippen LogP contribution in [0.5, 0.6) is 0 Å². The Hall–Kier alpha value is -0.300. The third kappa shape index (κ3) is 4.69. The Morgan fingerprint density at radius 1 is 1.12 bits per heavy atom. The number of rotatable bonds is 4. The van der Waals surface area contributed by atoms with E-state index in [1.54, 1.807) is 0 Å². The first kappa shape index (κ1) is 13.8. The second kappa shape index (κ2) is 5.86. The summed E-state index contributed by atoms with van der Waals surface area (Å²) in [6.07, 6.45) is 2.55.